The van der Waals surface area contributed by atoms with E-state index in [0.717, 1.165) is 17.1 Å². The Kier molecular flexibility index (Phi) is 7.09. The van der Waals surface area contributed by atoms with E-state index in [4.69, 9.17) is 16.3 Å². The molecule has 35 heavy (non-hydrogen) atoms. The second-order valence-electron chi connectivity index (χ2n) is 10.1. The molecule has 3 aromatic rings. The van der Waals surface area contributed by atoms with Gasteiger partial charge in [0.1, 0.15) is 24.2 Å². The van der Waals surface area contributed by atoms with Gasteiger partial charge in [-0.15, -0.1) is 0 Å². The van der Waals surface area contributed by atoms with Crippen LogP contribution in [0.5, 0.6) is 0 Å². The number of ether oxygens (including phenoxy) is 1. The lowest BCUT2D eigenvalue weighted by molar-refractivity contribution is 0.0719. The molecule has 0 amide bonds. The molecule has 1 fully saturated rings. The molecule has 188 valence electrons. The van der Waals surface area contributed by atoms with Gasteiger partial charge < -0.3 is 9.30 Å². The van der Waals surface area contributed by atoms with Gasteiger partial charge in [-0.05, 0) is 19.0 Å². The molecular weight excluding hydrogens is 506 g/mol. The maximum absolute atomic E-state index is 12.3. The summed E-state index contributed by atoms with van der Waals surface area (Å²) in [7, 11) is -4.51. The number of fused-ring (bicyclic) bond motifs is 1. The first-order valence-corrected chi connectivity index (χ1v) is 17.2. The number of hydrogen-bond donors (Lipinski definition) is 0. The standard InChI is InChI=1S/C22H30ClN7O3SSi/c1-5-34(31,32)29-13-22(14-29,7-8-24)30-12-18(20(23)27-30)19-17-6-9-28(21(17)26-15-25-19)16-33-10-11-35(2,3)4/h6,9,12,15H,5,7,10-11,13-14,16H2,1-4H3. The molecule has 0 spiro atoms. The van der Waals surface area contributed by atoms with E-state index in [1.807, 2.05) is 16.8 Å². The average Bonchev–Trinajstić information content (AvgIpc) is 3.36. The van der Waals surface area contributed by atoms with Crippen molar-refractivity contribution < 1.29 is 13.2 Å². The zero-order valence-corrected chi connectivity index (χ0v) is 23.0. The van der Waals surface area contributed by atoms with Gasteiger partial charge in [0.05, 0.1) is 29.5 Å². The zero-order valence-electron chi connectivity index (χ0n) is 20.4. The van der Waals surface area contributed by atoms with E-state index >= 15 is 0 Å². The third-order valence-electron chi connectivity index (χ3n) is 6.30. The highest BCUT2D eigenvalue weighted by Crippen LogP contribution is 2.38. The van der Waals surface area contributed by atoms with E-state index in [1.165, 1.54) is 10.6 Å². The maximum atomic E-state index is 12.3. The van der Waals surface area contributed by atoms with Crippen LogP contribution in [0.15, 0.2) is 24.8 Å². The smallest absolute Gasteiger partial charge is 0.213 e. The fourth-order valence-corrected chi connectivity index (χ4v) is 6.31. The third kappa shape index (κ3) is 5.15. The molecule has 13 heteroatoms. The molecular formula is C22H30ClN7O3SSi. The maximum Gasteiger partial charge on any atom is 0.213 e. The van der Waals surface area contributed by atoms with Gasteiger partial charge in [0.25, 0.3) is 0 Å². The first kappa shape index (κ1) is 25.8. The van der Waals surface area contributed by atoms with Crippen LogP contribution in [0.2, 0.25) is 30.8 Å². The Bertz CT molecular complexity index is 1370. The summed E-state index contributed by atoms with van der Waals surface area (Å²) in [5, 5.41) is 14.9. The average molecular weight is 536 g/mol. The van der Waals surface area contributed by atoms with Crippen LogP contribution in [0.1, 0.15) is 13.3 Å². The van der Waals surface area contributed by atoms with Gasteiger partial charge in [0.2, 0.25) is 10.0 Å². The summed E-state index contributed by atoms with van der Waals surface area (Å²) in [6.07, 6.45) is 5.25. The van der Waals surface area contributed by atoms with Crippen LogP contribution in [0.25, 0.3) is 22.3 Å². The zero-order chi connectivity index (χ0) is 25.4. The first-order valence-electron chi connectivity index (χ1n) is 11.5. The van der Waals surface area contributed by atoms with E-state index in [2.05, 4.69) is 40.8 Å². The highest BCUT2D eigenvalue weighted by atomic mass is 35.5. The number of nitriles is 1. The van der Waals surface area contributed by atoms with E-state index in [9.17, 15) is 13.7 Å². The van der Waals surface area contributed by atoms with Gasteiger partial charge >= 0.3 is 0 Å². The first-order chi connectivity index (χ1) is 16.5. The van der Waals surface area contributed by atoms with Gasteiger partial charge in [0, 0.05) is 45.6 Å². The van der Waals surface area contributed by atoms with Gasteiger partial charge in [-0.2, -0.15) is 14.7 Å². The second kappa shape index (κ2) is 9.63. The molecule has 0 bridgehead atoms. The summed E-state index contributed by atoms with van der Waals surface area (Å²) in [4.78, 5) is 8.90. The van der Waals surface area contributed by atoms with E-state index in [-0.39, 0.29) is 30.4 Å². The molecule has 4 heterocycles. The van der Waals surface area contributed by atoms with Crippen LogP contribution >= 0.6 is 11.6 Å². The van der Waals surface area contributed by atoms with Gasteiger partial charge in [0.15, 0.2) is 5.15 Å². The molecule has 1 saturated heterocycles. The van der Waals surface area contributed by atoms with Crippen molar-refractivity contribution >= 4 is 40.7 Å². The normalized spacial score (nSPS) is 16.3. The minimum absolute atomic E-state index is 0.0124. The largest absolute Gasteiger partial charge is 0.361 e. The van der Waals surface area contributed by atoms with Crippen LogP contribution in [0.4, 0.5) is 0 Å². The lowest BCUT2D eigenvalue weighted by Gasteiger charge is -2.47. The molecule has 0 aliphatic carbocycles. The molecule has 0 unspecified atom stereocenters. The van der Waals surface area contributed by atoms with Crippen molar-refractivity contribution in [2.75, 3.05) is 25.4 Å². The Hall–Kier alpha value is -2.30. The van der Waals surface area contributed by atoms with Crippen molar-refractivity contribution in [2.24, 2.45) is 0 Å². The molecule has 3 aromatic heterocycles. The number of rotatable bonds is 10. The predicted octanol–water partition coefficient (Wildman–Crippen LogP) is 3.53. The van der Waals surface area contributed by atoms with E-state index < -0.39 is 23.6 Å². The Balaban J connectivity index is 1.60. The summed E-state index contributed by atoms with van der Waals surface area (Å²) < 4.78 is 35.3. The quantitative estimate of drug-likeness (QED) is 0.287. The monoisotopic (exact) mass is 535 g/mol. The third-order valence-corrected chi connectivity index (χ3v) is 10.1. The number of nitrogens with zero attached hydrogens (tertiary/aromatic N) is 7. The van der Waals surface area contributed by atoms with Crippen LogP contribution in [0.3, 0.4) is 0 Å². The van der Waals surface area contributed by atoms with Crippen LogP contribution in [-0.4, -0.2) is 70.6 Å². The SMILES string of the molecule is CCS(=O)(=O)N1CC(CC#N)(n2cc(-c3ncnc4c3ccn4COCC[Si](C)(C)C)c(Cl)n2)C1. The summed E-state index contributed by atoms with van der Waals surface area (Å²) in [5.41, 5.74) is 1.19. The van der Waals surface area contributed by atoms with Crippen molar-refractivity contribution in [3.63, 3.8) is 0 Å². The number of halogens is 1. The molecule has 1 aliphatic heterocycles. The summed E-state index contributed by atoms with van der Waals surface area (Å²) >= 11 is 6.54. The molecule has 1 aliphatic rings. The fraction of sp³-hybridized carbons (Fsp3) is 0.545. The molecule has 0 atom stereocenters. The number of sulfonamides is 1. The minimum atomic E-state index is -3.34. The van der Waals surface area contributed by atoms with Crippen molar-refractivity contribution in [1.29, 1.82) is 5.26 Å². The molecule has 0 saturated carbocycles. The molecule has 4 rings (SSSR count). The molecule has 0 N–H and O–H groups in total. The summed E-state index contributed by atoms with van der Waals surface area (Å²) in [6, 6.07) is 5.17. The van der Waals surface area contributed by atoms with E-state index in [0.29, 0.717) is 24.6 Å². The van der Waals surface area contributed by atoms with Crippen molar-refractivity contribution in [2.45, 2.75) is 51.3 Å². The van der Waals surface area contributed by atoms with Crippen LogP contribution < -0.4 is 0 Å². The van der Waals surface area contributed by atoms with E-state index in [1.54, 1.807) is 17.8 Å². The number of aromatic nitrogens is 5. The lowest BCUT2D eigenvalue weighted by atomic mass is 9.89. The highest BCUT2D eigenvalue weighted by Gasteiger charge is 2.50. The van der Waals surface area contributed by atoms with Gasteiger partial charge in [-0.3, -0.25) is 4.68 Å². The van der Waals surface area contributed by atoms with Crippen LogP contribution in [0, 0.1) is 11.3 Å². The van der Waals surface area contributed by atoms with Crippen molar-refractivity contribution in [3.05, 3.63) is 29.9 Å². The second-order valence-corrected chi connectivity index (χ2v) is 18.3. The topological polar surface area (TPSA) is 119 Å². The Morgan fingerprint density at radius 3 is 2.69 bits per heavy atom. The minimum Gasteiger partial charge on any atom is -0.361 e. The van der Waals surface area contributed by atoms with Gasteiger partial charge in [-0.1, -0.05) is 31.2 Å². The van der Waals surface area contributed by atoms with Gasteiger partial charge in [-0.25, -0.2) is 18.4 Å². The van der Waals surface area contributed by atoms with Crippen LogP contribution in [-0.2, 0) is 27.0 Å². The molecule has 10 nitrogen and oxygen atoms in total. The molecule has 0 radical (unpaired) electrons. The Morgan fingerprint density at radius 1 is 1.29 bits per heavy atom. The summed E-state index contributed by atoms with van der Waals surface area (Å²) in [5.74, 6) is 0.0124. The van der Waals surface area contributed by atoms with Crippen molar-refractivity contribution in [1.82, 2.24) is 28.6 Å². The Labute approximate surface area is 211 Å². The summed E-state index contributed by atoms with van der Waals surface area (Å²) in [6.45, 7) is 10.0. The predicted molar refractivity (Wildman–Crippen MR) is 137 cm³/mol. The fourth-order valence-electron chi connectivity index (χ4n) is 4.09. The number of hydrogen-bond acceptors (Lipinski definition) is 7. The van der Waals surface area contributed by atoms with Crippen molar-refractivity contribution in [3.8, 4) is 17.3 Å². The highest BCUT2D eigenvalue weighted by molar-refractivity contribution is 7.89. The lowest BCUT2D eigenvalue weighted by Crippen LogP contribution is -2.64. The molecule has 0 aromatic carbocycles. The Morgan fingerprint density at radius 2 is 2.03 bits per heavy atom.